The highest BCUT2D eigenvalue weighted by atomic mass is 32.2. The van der Waals surface area contributed by atoms with Crippen LogP contribution < -0.4 is 9.62 Å². The lowest BCUT2D eigenvalue weighted by atomic mass is 9.86. The minimum absolute atomic E-state index is 0.0699. The van der Waals surface area contributed by atoms with Gasteiger partial charge in [0.1, 0.15) is 28.2 Å². The molecule has 0 aliphatic carbocycles. The van der Waals surface area contributed by atoms with Gasteiger partial charge in [0.2, 0.25) is 5.91 Å². The van der Waals surface area contributed by atoms with Crippen LogP contribution in [0.3, 0.4) is 0 Å². The SMILES string of the molecule is CCc1nc(N2CC3(CCN(Cc4ccc5c(cc(C#N)n5C[C@H](C)N5CCN(S(=O)(=O)NC)CC5)c4C)C3)CC2=O)c2cc(CC(F)(F)F)sc2n1. The van der Waals surface area contributed by atoms with Crippen LogP contribution in [0.15, 0.2) is 24.3 Å². The molecule has 3 fully saturated rings. The van der Waals surface area contributed by atoms with Gasteiger partial charge in [0.05, 0.1) is 11.8 Å². The van der Waals surface area contributed by atoms with E-state index < -0.39 is 22.8 Å². The van der Waals surface area contributed by atoms with E-state index in [0.29, 0.717) is 92.8 Å². The Morgan fingerprint density at radius 2 is 1.85 bits per heavy atom. The summed E-state index contributed by atoms with van der Waals surface area (Å²) in [6.45, 7) is 11.3. The second kappa shape index (κ2) is 14.2. The third-order valence-electron chi connectivity index (χ3n) is 11.2. The molecule has 3 aliphatic rings. The molecule has 1 aromatic carbocycles. The van der Waals surface area contributed by atoms with Crippen LogP contribution >= 0.6 is 11.3 Å². The number of nitriles is 1. The van der Waals surface area contributed by atoms with Crippen molar-refractivity contribution in [2.24, 2.45) is 5.41 Å². The molecule has 17 heteroatoms. The molecule has 0 radical (unpaired) electrons. The summed E-state index contributed by atoms with van der Waals surface area (Å²) in [6.07, 6.45) is -3.72. The second-order valence-corrected chi connectivity index (χ2v) is 17.7. The van der Waals surface area contributed by atoms with Crippen LogP contribution in [0.2, 0.25) is 0 Å². The summed E-state index contributed by atoms with van der Waals surface area (Å²) in [6, 6.07) is 10.1. The standard InChI is InChI=1S/C36H44F3N9O3S2/c1-5-31-42-33(29-15-27(16-36(37,38)39)52-34(29)43-31)48-22-35(17-32(48)49)8-9-44(21-35)20-25-6-7-30-28(24(25)3)14-26(18-40)47(30)19-23(2)45-10-12-46(13-11-45)53(50,51)41-4/h6-7,14-15,23,41H,5,8-13,16-17,19-22H2,1-4H3/t23-,35?/m0/s1. The van der Waals surface area contributed by atoms with E-state index in [1.807, 2.05) is 13.0 Å². The number of likely N-dealkylation sites (tertiary alicyclic amines) is 1. The van der Waals surface area contributed by atoms with Gasteiger partial charge in [-0.05, 0) is 56.1 Å². The predicted octanol–water partition coefficient (Wildman–Crippen LogP) is 4.59. The molecule has 6 heterocycles. The highest BCUT2D eigenvalue weighted by Gasteiger charge is 2.48. The first-order chi connectivity index (χ1) is 25.1. The largest absolute Gasteiger partial charge is 0.393 e. The third kappa shape index (κ3) is 7.41. The van der Waals surface area contributed by atoms with Gasteiger partial charge in [0, 0.05) is 99.5 Å². The maximum Gasteiger partial charge on any atom is 0.393 e. The van der Waals surface area contributed by atoms with E-state index in [9.17, 15) is 31.6 Å². The monoisotopic (exact) mass is 771 g/mol. The van der Waals surface area contributed by atoms with Crippen molar-refractivity contribution in [3.05, 3.63) is 51.8 Å². The van der Waals surface area contributed by atoms with Crippen LogP contribution in [-0.4, -0.2) is 108 Å². The molecule has 1 N–H and O–H groups in total. The molecular formula is C36H44F3N9O3S2. The Morgan fingerprint density at radius 3 is 2.53 bits per heavy atom. The van der Waals surface area contributed by atoms with Gasteiger partial charge in [0.25, 0.3) is 10.2 Å². The lowest BCUT2D eigenvalue weighted by Crippen LogP contribution is -2.54. The molecule has 12 nitrogen and oxygen atoms in total. The maximum atomic E-state index is 13.6. The zero-order valence-electron chi connectivity index (χ0n) is 30.3. The van der Waals surface area contributed by atoms with Gasteiger partial charge < -0.3 is 4.57 Å². The third-order valence-corrected chi connectivity index (χ3v) is 13.8. The number of benzene rings is 1. The summed E-state index contributed by atoms with van der Waals surface area (Å²) in [5, 5.41) is 11.6. The number of hydrogen-bond donors (Lipinski definition) is 1. The predicted molar refractivity (Wildman–Crippen MR) is 198 cm³/mol. The van der Waals surface area contributed by atoms with E-state index in [-0.39, 0.29) is 22.2 Å². The average Bonchev–Trinajstić information content (AvgIpc) is 3.88. The number of carbonyl (C=O) groups is 1. The molecule has 284 valence electrons. The maximum absolute atomic E-state index is 13.6. The van der Waals surface area contributed by atoms with Crippen molar-refractivity contribution >= 4 is 54.4 Å². The normalized spacial score (nSPS) is 21.5. The molecule has 3 aliphatic heterocycles. The Bertz CT molecular complexity index is 2210. The zero-order valence-corrected chi connectivity index (χ0v) is 32.0. The number of hydrogen-bond acceptors (Lipinski definition) is 9. The van der Waals surface area contributed by atoms with Crippen molar-refractivity contribution in [1.29, 1.82) is 5.26 Å². The number of thiophene rings is 1. The van der Waals surface area contributed by atoms with Crippen molar-refractivity contribution in [2.45, 2.75) is 71.8 Å². The van der Waals surface area contributed by atoms with Crippen LogP contribution in [0.5, 0.6) is 0 Å². The van der Waals surface area contributed by atoms with Crippen molar-refractivity contribution in [2.75, 3.05) is 57.8 Å². The van der Waals surface area contributed by atoms with Crippen LogP contribution in [0, 0.1) is 23.7 Å². The van der Waals surface area contributed by atoms with Crippen molar-refractivity contribution < 1.29 is 26.4 Å². The second-order valence-electron chi connectivity index (χ2n) is 14.7. The lowest BCUT2D eigenvalue weighted by molar-refractivity contribution is -0.126. The number of anilines is 1. The Hall–Kier alpha value is -3.66. The number of fused-ring (bicyclic) bond motifs is 2. The fourth-order valence-electron chi connectivity index (χ4n) is 8.29. The van der Waals surface area contributed by atoms with Gasteiger partial charge in [-0.25, -0.2) is 14.7 Å². The van der Waals surface area contributed by atoms with Gasteiger partial charge in [-0.15, -0.1) is 11.3 Å². The topological polar surface area (TPSA) is 131 Å². The van der Waals surface area contributed by atoms with Crippen LogP contribution in [0.25, 0.3) is 21.1 Å². The number of amides is 1. The zero-order chi connectivity index (χ0) is 37.9. The molecule has 53 heavy (non-hydrogen) atoms. The number of alkyl halides is 3. The van der Waals surface area contributed by atoms with Crippen LogP contribution in [-0.2, 0) is 40.9 Å². The summed E-state index contributed by atoms with van der Waals surface area (Å²) in [7, 11) is -2.04. The van der Waals surface area contributed by atoms with Crippen LogP contribution in [0.1, 0.15) is 54.2 Å². The average molecular weight is 772 g/mol. The first-order valence-corrected chi connectivity index (χ1v) is 20.2. The number of aryl methyl sites for hydroxylation is 2. The number of rotatable bonds is 10. The van der Waals surface area contributed by atoms with Crippen molar-refractivity contribution in [3.8, 4) is 6.07 Å². The molecule has 1 spiro atoms. The minimum Gasteiger partial charge on any atom is -0.331 e. The highest BCUT2D eigenvalue weighted by Crippen LogP contribution is 2.44. The lowest BCUT2D eigenvalue weighted by Gasteiger charge is -2.37. The molecule has 7 rings (SSSR count). The van der Waals surface area contributed by atoms with E-state index in [1.165, 1.54) is 17.4 Å². The number of halogens is 3. The molecule has 0 bridgehead atoms. The molecule has 0 saturated carbocycles. The quantitative estimate of drug-likeness (QED) is 0.248. The first-order valence-electron chi connectivity index (χ1n) is 18.0. The molecular weight excluding hydrogens is 728 g/mol. The molecule has 2 atom stereocenters. The van der Waals surface area contributed by atoms with E-state index in [1.54, 1.807) is 4.90 Å². The van der Waals surface area contributed by atoms with Crippen LogP contribution in [0.4, 0.5) is 19.0 Å². The van der Waals surface area contributed by atoms with Gasteiger partial charge in [-0.3, -0.25) is 19.5 Å². The summed E-state index contributed by atoms with van der Waals surface area (Å²) in [5.74, 6) is 0.845. The Balaban J connectivity index is 1.05. The van der Waals surface area contributed by atoms with Gasteiger partial charge in [0.15, 0.2) is 0 Å². The number of nitrogens with zero attached hydrogens (tertiary/aromatic N) is 8. The summed E-state index contributed by atoms with van der Waals surface area (Å²) in [4.78, 5) is 29.7. The Labute approximate surface area is 311 Å². The van der Waals surface area contributed by atoms with E-state index in [4.69, 9.17) is 0 Å². The smallest absolute Gasteiger partial charge is 0.331 e. The summed E-state index contributed by atoms with van der Waals surface area (Å²) in [5.41, 5.74) is 3.52. The van der Waals surface area contributed by atoms with E-state index in [2.05, 4.69) is 61.1 Å². The van der Waals surface area contributed by atoms with Crippen molar-refractivity contribution in [1.82, 2.24) is 33.4 Å². The van der Waals surface area contributed by atoms with E-state index >= 15 is 0 Å². The van der Waals surface area contributed by atoms with Gasteiger partial charge in [-0.1, -0.05) is 13.0 Å². The fourth-order valence-corrected chi connectivity index (χ4v) is 10.3. The number of nitrogens with one attached hydrogen (secondary N) is 1. The summed E-state index contributed by atoms with van der Waals surface area (Å²) >= 11 is 1.01. The number of carbonyl (C=O) groups excluding carboxylic acids is 1. The molecule has 1 unspecified atom stereocenters. The number of piperazine rings is 1. The Morgan fingerprint density at radius 1 is 1.09 bits per heavy atom. The Kier molecular flexibility index (Phi) is 10.1. The van der Waals surface area contributed by atoms with E-state index in [0.717, 1.165) is 46.3 Å². The van der Waals surface area contributed by atoms with Crippen molar-refractivity contribution in [3.63, 3.8) is 0 Å². The van der Waals surface area contributed by atoms with Gasteiger partial charge in [-0.2, -0.15) is 31.2 Å². The molecule has 1 amide bonds. The molecule has 4 aromatic rings. The molecule has 3 saturated heterocycles. The first kappa shape index (κ1) is 37.6. The number of aromatic nitrogens is 3. The molecule has 3 aromatic heterocycles. The van der Waals surface area contributed by atoms with Gasteiger partial charge >= 0.3 is 6.18 Å². The minimum atomic E-state index is -4.34. The fraction of sp³-hybridized carbons (Fsp3) is 0.556. The highest BCUT2D eigenvalue weighted by molar-refractivity contribution is 7.87. The summed E-state index contributed by atoms with van der Waals surface area (Å²) < 4.78 is 70.1.